The van der Waals surface area contributed by atoms with E-state index in [1.54, 1.807) is 5.32 Å². The maximum absolute atomic E-state index is 10.8. The Bertz CT molecular complexity index is 265. The number of carbonyl (C=O) groups is 3. The van der Waals surface area contributed by atoms with Crippen LogP contribution in [-0.2, 0) is 14.4 Å². The molecule has 0 spiro atoms. The second-order valence-electron chi connectivity index (χ2n) is 2.32. The van der Waals surface area contributed by atoms with Crippen LogP contribution in [0.25, 0.3) is 0 Å². The molecule has 1 N–H and O–H groups in total. The van der Waals surface area contributed by atoms with E-state index in [0.29, 0.717) is 0 Å². The summed E-state index contributed by atoms with van der Waals surface area (Å²) in [7, 11) is 0. The SMILES string of the molecule is C=C(C)C(=O)NC(C(=O)[O-])C(=O)[O-].[Li+].[Li+]. The van der Waals surface area contributed by atoms with Gasteiger partial charge in [-0.25, -0.2) is 0 Å². The number of carboxylic acids is 2. The molecule has 0 aliphatic heterocycles. The molecule has 0 bridgehead atoms. The summed E-state index contributed by atoms with van der Waals surface area (Å²) in [4.78, 5) is 31.0. The van der Waals surface area contributed by atoms with Crippen LogP contribution >= 0.6 is 0 Å². The summed E-state index contributed by atoms with van der Waals surface area (Å²) < 4.78 is 0. The maximum atomic E-state index is 10.8. The van der Waals surface area contributed by atoms with Crippen LogP contribution in [0, 0.1) is 0 Å². The van der Waals surface area contributed by atoms with Gasteiger partial charge in [-0.15, -0.1) is 0 Å². The maximum Gasteiger partial charge on any atom is 1.00 e. The molecule has 0 aliphatic rings. The Morgan fingerprint density at radius 1 is 1.13 bits per heavy atom. The van der Waals surface area contributed by atoms with Gasteiger partial charge in [0, 0.05) is 5.57 Å². The zero-order valence-electron chi connectivity index (χ0n) is 8.83. The summed E-state index contributed by atoms with van der Waals surface area (Å²) in [5.74, 6) is -4.75. The molecule has 0 aromatic carbocycles. The third-order valence-corrected chi connectivity index (χ3v) is 1.13. The van der Waals surface area contributed by atoms with Crippen molar-refractivity contribution in [3.8, 4) is 0 Å². The third-order valence-electron chi connectivity index (χ3n) is 1.13. The summed E-state index contributed by atoms with van der Waals surface area (Å²) in [5.41, 5.74) is -0.00694. The van der Waals surface area contributed by atoms with Crippen LogP contribution in [0.3, 0.4) is 0 Å². The van der Waals surface area contributed by atoms with E-state index < -0.39 is 23.9 Å². The first-order chi connectivity index (χ1) is 5.86. The Morgan fingerprint density at radius 2 is 1.47 bits per heavy atom. The standard InChI is InChI=1S/C7H9NO5.2Li/c1-3(2)5(9)8-4(6(10)11)7(12)13;;/h4H,1H2,2H3,(H,8,9)(H,10,11)(H,12,13);;/q;2*+1/p-2. The zero-order chi connectivity index (χ0) is 10.6. The molecule has 72 valence electrons. The van der Waals surface area contributed by atoms with Crippen molar-refractivity contribution in [3.63, 3.8) is 0 Å². The first-order valence-electron chi connectivity index (χ1n) is 3.24. The molecular formula is C7H7Li2NO5. The van der Waals surface area contributed by atoms with E-state index in [-0.39, 0.29) is 43.3 Å². The second kappa shape index (κ2) is 8.64. The molecule has 0 aromatic rings. The van der Waals surface area contributed by atoms with Gasteiger partial charge < -0.3 is 25.1 Å². The van der Waals surface area contributed by atoms with Gasteiger partial charge in [-0.3, -0.25) is 4.79 Å². The van der Waals surface area contributed by atoms with Gasteiger partial charge >= 0.3 is 37.7 Å². The Kier molecular flexibility index (Phi) is 11.4. The number of aliphatic carboxylic acids is 2. The summed E-state index contributed by atoms with van der Waals surface area (Å²) >= 11 is 0. The Hall–Kier alpha value is -0.655. The van der Waals surface area contributed by atoms with Crippen LogP contribution in [0.5, 0.6) is 0 Å². The van der Waals surface area contributed by atoms with Gasteiger partial charge in [0.05, 0.1) is 11.9 Å². The van der Waals surface area contributed by atoms with Gasteiger partial charge in [0.25, 0.3) is 0 Å². The number of carbonyl (C=O) groups excluding carboxylic acids is 3. The predicted molar refractivity (Wildman–Crippen MR) is 36.8 cm³/mol. The van der Waals surface area contributed by atoms with Gasteiger partial charge in [-0.05, 0) is 6.92 Å². The molecule has 0 atom stereocenters. The Balaban J connectivity index is -0.000000720. The first kappa shape index (κ1) is 19.8. The summed E-state index contributed by atoms with van der Waals surface area (Å²) in [6.07, 6.45) is 0. The minimum Gasteiger partial charge on any atom is -0.547 e. The van der Waals surface area contributed by atoms with Crippen molar-refractivity contribution in [1.82, 2.24) is 5.32 Å². The molecule has 0 saturated heterocycles. The molecule has 1 amide bonds. The second-order valence-corrected chi connectivity index (χ2v) is 2.32. The van der Waals surface area contributed by atoms with E-state index in [0.717, 1.165) is 0 Å². The fraction of sp³-hybridized carbons (Fsp3) is 0.286. The van der Waals surface area contributed by atoms with Crippen LogP contribution in [0.1, 0.15) is 6.92 Å². The molecule has 0 saturated carbocycles. The molecule has 0 radical (unpaired) electrons. The third kappa shape index (κ3) is 7.29. The van der Waals surface area contributed by atoms with Gasteiger partial charge in [-0.2, -0.15) is 0 Å². The van der Waals surface area contributed by atoms with Crippen LogP contribution in [0.15, 0.2) is 12.2 Å². The fourth-order valence-electron chi connectivity index (χ4n) is 0.468. The van der Waals surface area contributed by atoms with E-state index in [1.165, 1.54) is 6.92 Å². The van der Waals surface area contributed by atoms with Crippen molar-refractivity contribution >= 4 is 17.8 Å². The Labute approximate surface area is 110 Å². The molecule has 6 nitrogen and oxygen atoms in total. The molecule has 0 heterocycles. The van der Waals surface area contributed by atoms with E-state index >= 15 is 0 Å². The molecule has 15 heavy (non-hydrogen) atoms. The number of hydrogen-bond donors (Lipinski definition) is 1. The largest absolute Gasteiger partial charge is 1.00 e. The predicted octanol–water partition coefficient (Wildman–Crippen LogP) is -9.44. The van der Waals surface area contributed by atoms with Crippen molar-refractivity contribution in [3.05, 3.63) is 12.2 Å². The molecular weight excluding hydrogens is 192 g/mol. The summed E-state index contributed by atoms with van der Waals surface area (Å²) in [6.45, 7) is 4.49. The minimum absolute atomic E-state index is 0. The normalized spacial score (nSPS) is 8.13. The van der Waals surface area contributed by atoms with Gasteiger partial charge in [0.2, 0.25) is 5.91 Å². The summed E-state index contributed by atoms with van der Waals surface area (Å²) in [5, 5.41) is 21.9. The smallest absolute Gasteiger partial charge is 0.547 e. The minimum atomic E-state index is -2.15. The molecule has 0 unspecified atom stereocenters. The number of carboxylic acid groups (broad SMARTS) is 2. The van der Waals surface area contributed by atoms with Crippen molar-refractivity contribution in [2.75, 3.05) is 0 Å². The molecule has 8 heteroatoms. The first-order valence-corrected chi connectivity index (χ1v) is 3.24. The molecule has 0 fully saturated rings. The molecule has 0 aliphatic carbocycles. The zero-order valence-corrected chi connectivity index (χ0v) is 8.83. The van der Waals surface area contributed by atoms with E-state index in [2.05, 4.69) is 6.58 Å². The van der Waals surface area contributed by atoms with Crippen LogP contribution in [0.4, 0.5) is 0 Å². The quantitative estimate of drug-likeness (QED) is 0.274. The van der Waals surface area contributed by atoms with Gasteiger partial charge in [-0.1, -0.05) is 6.58 Å². The number of amides is 1. The van der Waals surface area contributed by atoms with Crippen molar-refractivity contribution in [2.24, 2.45) is 0 Å². The van der Waals surface area contributed by atoms with Gasteiger partial charge in [0.15, 0.2) is 0 Å². The molecule has 0 rings (SSSR count). The number of hydrogen-bond acceptors (Lipinski definition) is 5. The van der Waals surface area contributed by atoms with Crippen LogP contribution in [-0.4, -0.2) is 23.9 Å². The number of rotatable bonds is 4. The Morgan fingerprint density at radius 3 is 1.67 bits per heavy atom. The van der Waals surface area contributed by atoms with E-state index in [4.69, 9.17) is 0 Å². The van der Waals surface area contributed by atoms with E-state index in [9.17, 15) is 24.6 Å². The van der Waals surface area contributed by atoms with Crippen molar-refractivity contribution in [1.29, 1.82) is 0 Å². The summed E-state index contributed by atoms with van der Waals surface area (Å²) in [6, 6.07) is -2.15. The number of nitrogens with one attached hydrogen (secondary N) is 1. The van der Waals surface area contributed by atoms with Crippen LogP contribution < -0.4 is 53.3 Å². The van der Waals surface area contributed by atoms with Crippen molar-refractivity contribution < 1.29 is 62.3 Å². The average Bonchev–Trinajstić information content (AvgIpc) is 1.97. The van der Waals surface area contributed by atoms with Crippen LogP contribution in [0.2, 0.25) is 0 Å². The fourth-order valence-corrected chi connectivity index (χ4v) is 0.468. The monoisotopic (exact) mass is 199 g/mol. The topological polar surface area (TPSA) is 109 Å². The van der Waals surface area contributed by atoms with E-state index in [1.807, 2.05) is 0 Å². The average molecular weight is 199 g/mol. The molecule has 0 aromatic heterocycles. The van der Waals surface area contributed by atoms with Gasteiger partial charge in [0.1, 0.15) is 6.04 Å². The van der Waals surface area contributed by atoms with Crippen molar-refractivity contribution in [2.45, 2.75) is 13.0 Å².